The third kappa shape index (κ3) is 2.86. The smallest absolute Gasteiger partial charge is 0.264 e. The van der Waals surface area contributed by atoms with Crippen LogP contribution in [0.5, 0.6) is 0 Å². The number of rotatable bonds is 2. The van der Waals surface area contributed by atoms with E-state index in [-0.39, 0.29) is 5.69 Å². The number of nitrogens with zero attached hydrogens (tertiary/aromatic N) is 1. The fourth-order valence-electron chi connectivity index (χ4n) is 2.19. The number of carbonyl (C=O) groups excluding carboxylic acids is 1. The van der Waals surface area contributed by atoms with E-state index in [1.165, 1.54) is 11.9 Å². The fraction of sp³-hybridized carbons (Fsp3) is 0.188. The number of nitrogens with two attached hydrogens (primary N) is 1. The number of halogens is 2. The number of amides is 1. The molecule has 2 N–H and O–H groups in total. The first-order valence-electron chi connectivity index (χ1n) is 6.41. The molecule has 2 aromatic carbocycles. The molecule has 0 spiro atoms. The van der Waals surface area contributed by atoms with E-state index in [0.717, 1.165) is 23.3 Å². The van der Waals surface area contributed by atoms with Crippen LogP contribution in [-0.2, 0) is 0 Å². The summed E-state index contributed by atoms with van der Waals surface area (Å²) < 4.78 is 27.7. The van der Waals surface area contributed by atoms with Crippen molar-refractivity contribution in [2.45, 2.75) is 13.8 Å². The Morgan fingerprint density at radius 3 is 2.24 bits per heavy atom. The van der Waals surface area contributed by atoms with E-state index in [1.54, 1.807) is 12.1 Å². The van der Waals surface area contributed by atoms with E-state index in [2.05, 4.69) is 0 Å². The third-order valence-corrected chi connectivity index (χ3v) is 3.23. The molecule has 0 aliphatic carbocycles. The van der Waals surface area contributed by atoms with Crippen molar-refractivity contribution in [1.82, 2.24) is 0 Å². The first-order valence-corrected chi connectivity index (χ1v) is 6.41. The minimum atomic E-state index is -1.03. The van der Waals surface area contributed by atoms with Crippen LogP contribution in [-0.4, -0.2) is 13.0 Å². The number of anilines is 2. The predicted molar refractivity (Wildman–Crippen MR) is 79.4 cm³/mol. The summed E-state index contributed by atoms with van der Waals surface area (Å²) in [4.78, 5) is 13.6. The molecule has 2 rings (SSSR count). The van der Waals surface area contributed by atoms with Crippen LogP contribution in [0.25, 0.3) is 0 Å². The van der Waals surface area contributed by atoms with Gasteiger partial charge in [-0.1, -0.05) is 6.07 Å². The van der Waals surface area contributed by atoms with Gasteiger partial charge in [-0.25, -0.2) is 8.78 Å². The lowest BCUT2D eigenvalue weighted by Crippen LogP contribution is -2.28. The van der Waals surface area contributed by atoms with Gasteiger partial charge in [0.15, 0.2) is 5.82 Å². The molecule has 110 valence electrons. The molecule has 5 heteroatoms. The van der Waals surface area contributed by atoms with E-state index in [4.69, 9.17) is 5.73 Å². The summed E-state index contributed by atoms with van der Waals surface area (Å²) in [5.41, 5.74) is 6.99. The Balaban J connectivity index is 2.47. The molecule has 0 radical (unpaired) electrons. The molecule has 0 aromatic heterocycles. The van der Waals surface area contributed by atoms with Gasteiger partial charge >= 0.3 is 0 Å². The van der Waals surface area contributed by atoms with Crippen LogP contribution in [0.2, 0.25) is 0 Å². The van der Waals surface area contributed by atoms with Gasteiger partial charge in [-0.3, -0.25) is 4.79 Å². The lowest BCUT2D eigenvalue weighted by Gasteiger charge is -2.19. The molecule has 1 amide bonds. The highest BCUT2D eigenvalue weighted by atomic mass is 19.1. The molecule has 2 aromatic rings. The van der Waals surface area contributed by atoms with Gasteiger partial charge in [0.1, 0.15) is 11.4 Å². The monoisotopic (exact) mass is 290 g/mol. The number of benzene rings is 2. The number of aryl methyl sites for hydroxylation is 2. The first-order chi connectivity index (χ1) is 9.81. The highest BCUT2D eigenvalue weighted by Crippen LogP contribution is 2.24. The minimum Gasteiger partial charge on any atom is -0.396 e. The van der Waals surface area contributed by atoms with Crippen LogP contribution in [0.1, 0.15) is 21.5 Å². The lowest BCUT2D eigenvalue weighted by molar-refractivity contribution is 0.0985. The van der Waals surface area contributed by atoms with Crippen molar-refractivity contribution in [2.75, 3.05) is 17.7 Å². The number of hydrogen-bond acceptors (Lipinski definition) is 2. The van der Waals surface area contributed by atoms with Crippen molar-refractivity contribution in [3.8, 4) is 0 Å². The minimum absolute atomic E-state index is 0.256. The van der Waals surface area contributed by atoms with Crippen molar-refractivity contribution in [3.05, 3.63) is 58.7 Å². The summed E-state index contributed by atoms with van der Waals surface area (Å²) in [6.45, 7) is 3.77. The highest BCUT2D eigenvalue weighted by molar-refractivity contribution is 6.06. The summed E-state index contributed by atoms with van der Waals surface area (Å²) in [5.74, 6) is -2.73. The Kier molecular flexibility index (Phi) is 3.93. The van der Waals surface area contributed by atoms with Crippen molar-refractivity contribution in [1.29, 1.82) is 0 Å². The predicted octanol–water partition coefficient (Wildman–Crippen LogP) is 3.44. The number of carbonyl (C=O) groups is 1. The molecule has 0 atom stereocenters. The van der Waals surface area contributed by atoms with E-state index in [0.29, 0.717) is 5.69 Å². The summed E-state index contributed by atoms with van der Waals surface area (Å²) in [5, 5.41) is 0. The van der Waals surface area contributed by atoms with Gasteiger partial charge in [-0.15, -0.1) is 0 Å². The van der Waals surface area contributed by atoms with E-state index in [1.807, 2.05) is 19.9 Å². The summed E-state index contributed by atoms with van der Waals surface area (Å²) >= 11 is 0. The largest absolute Gasteiger partial charge is 0.396 e. The molecule has 0 aliphatic rings. The molecule has 3 nitrogen and oxygen atoms in total. The number of nitrogen functional groups attached to an aromatic ring is 1. The van der Waals surface area contributed by atoms with Crippen LogP contribution in [0.4, 0.5) is 20.2 Å². The second-order valence-electron chi connectivity index (χ2n) is 5.04. The Labute approximate surface area is 122 Å². The maximum absolute atomic E-state index is 13.9. The Morgan fingerprint density at radius 1 is 1.10 bits per heavy atom. The van der Waals surface area contributed by atoms with E-state index < -0.39 is 23.1 Å². The number of hydrogen-bond donors (Lipinski definition) is 1. The van der Waals surface area contributed by atoms with Crippen molar-refractivity contribution < 1.29 is 13.6 Å². The van der Waals surface area contributed by atoms with Crippen LogP contribution in [0, 0.1) is 25.5 Å². The Morgan fingerprint density at radius 2 is 1.67 bits per heavy atom. The molecule has 21 heavy (non-hydrogen) atoms. The van der Waals surface area contributed by atoms with Gasteiger partial charge in [-0.2, -0.15) is 0 Å². The lowest BCUT2D eigenvalue weighted by atomic mass is 10.1. The molecule has 0 unspecified atom stereocenters. The van der Waals surface area contributed by atoms with Gasteiger partial charge in [0.2, 0.25) is 0 Å². The summed E-state index contributed by atoms with van der Waals surface area (Å²) in [7, 11) is 1.47. The maximum Gasteiger partial charge on any atom is 0.264 e. The molecule has 0 aliphatic heterocycles. The average molecular weight is 290 g/mol. The van der Waals surface area contributed by atoms with Crippen LogP contribution >= 0.6 is 0 Å². The van der Waals surface area contributed by atoms with Gasteiger partial charge in [0.05, 0.1) is 5.69 Å². The fourth-order valence-corrected chi connectivity index (χ4v) is 2.19. The Bertz CT molecular complexity index is 693. The van der Waals surface area contributed by atoms with Crippen molar-refractivity contribution in [2.24, 2.45) is 0 Å². The van der Waals surface area contributed by atoms with Gasteiger partial charge < -0.3 is 10.6 Å². The van der Waals surface area contributed by atoms with E-state index >= 15 is 0 Å². The molecule has 0 heterocycles. The summed E-state index contributed by atoms with van der Waals surface area (Å²) in [6, 6.07) is 7.57. The second kappa shape index (κ2) is 5.52. The maximum atomic E-state index is 13.9. The molecular weight excluding hydrogens is 274 g/mol. The van der Waals surface area contributed by atoms with Gasteiger partial charge in [0.25, 0.3) is 5.91 Å². The van der Waals surface area contributed by atoms with Gasteiger partial charge in [0, 0.05) is 12.7 Å². The topological polar surface area (TPSA) is 46.3 Å². The third-order valence-electron chi connectivity index (χ3n) is 3.23. The van der Waals surface area contributed by atoms with Crippen LogP contribution < -0.4 is 10.6 Å². The second-order valence-corrected chi connectivity index (χ2v) is 5.04. The molecular formula is C16H16F2N2O. The molecule has 0 bridgehead atoms. The SMILES string of the molecule is Cc1cc(C)cc(N(C)C(=O)c2c(F)ccc(N)c2F)c1. The van der Waals surface area contributed by atoms with Crippen LogP contribution in [0.15, 0.2) is 30.3 Å². The zero-order valence-corrected chi connectivity index (χ0v) is 12.1. The average Bonchev–Trinajstić information content (AvgIpc) is 2.41. The van der Waals surface area contributed by atoms with Crippen molar-refractivity contribution >= 4 is 17.3 Å². The van der Waals surface area contributed by atoms with E-state index in [9.17, 15) is 13.6 Å². The Hall–Kier alpha value is -2.43. The summed E-state index contributed by atoms with van der Waals surface area (Å²) in [6.07, 6.45) is 0. The van der Waals surface area contributed by atoms with Gasteiger partial charge in [-0.05, 0) is 49.2 Å². The highest BCUT2D eigenvalue weighted by Gasteiger charge is 2.23. The zero-order valence-electron chi connectivity index (χ0n) is 12.1. The molecule has 0 saturated carbocycles. The normalized spacial score (nSPS) is 10.5. The quantitative estimate of drug-likeness (QED) is 0.861. The molecule has 0 saturated heterocycles. The zero-order chi connectivity index (χ0) is 15.7. The standard InChI is InChI=1S/C16H16F2N2O/c1-9-6-10(2)8-11(7-9)20(3)16(21)14-12(17)4-5-13(19)15(14)18/h4-8H,19H2,1-3H3. The molecule has 0 fully saturated rings. The van der Waals surface area contributed by atoms with Crippen LogP contribution in [0.3, 0.4) is 0 Å². The van der Waals surface area contributed by atoms with Crippen molar-refractivity contribution in [3.63, 3.8) is 0 Å². The first kappa shape index (κ1) is 15.0.